The van der Waals surface area contributed by atoms with Gasteiger partial charge in [-0.3, -0.25) is 4.79 Å². The van der Waals surface area contributed by atoms with Gasteiger partial charge in [-0.2, -0.15) is 13.5 Å². The molecular formula is C24H33ClN2O4S. The molecule has 0 amide bonds. The monoisotopic (exact) mass is 480 g/mol. The predicted molar refractivity (Wildman–Crippen MR) is 130 cm³/mol. The van der Waals surface area contributed by atoms with Gasteiger partial charge in [0.15, 0.2) is 0 Å². The Kier molecular flexibility index (Phi) is 8.00. The minimum Gasteiger partial charge on any atom is -0.361 e. The smallest absolute Gasteiger partial charge is 0.313 e. The standard InChI is InChI=1S/C24H33ClN2O4S/c1-13(2)12-27-24(31-32(29,30)15(5)6)22(18(9)26-27)23(28)19-10-11-20(25)21(17(19)8)16(7)14(3)4/h10-11,13,15H,12H2,1-9H3. The van der Waals surface area contributed by atoms with Crippen LogP contribution in [0.1, 0.15) is 81.2 Å². The Morgan fingerprint density at radius 2 is 1.69 bits per heavy atom. The van der Waals surface area contributed by atoms with Crippen molar-refractivity contribution in [1.29, 1.82) is 0 Å². The van der Waals surface area contributed by atoms with Gasteiger partial charge in [0.25, 0.3) is 0 Å². The number of aryl methyl sites for hydroxylation is 1. The van der Waals surface area contributed by atoms with E-state index in [4.69, 9.17) is 15.8 Å². The molecule has 32 heavy (non-hydrogen) atoms. The topological polar surface area (TPSA) is 78.3 Å². The molecule has 0 radical (unpaired) electrons. The lowest BCUT2D eigenvalue weighted by molar-refractivity contribution is 0.103. The van der Waals surface area contributed by atoms with Gasteiger partial charge in [-0.05, 0) is 83.2 Å². The Bertz CT molecular complexity index is 1170. The first-order valence-electron chi connectivity index (χ1n) is 10.7. The maximum absolute atomic E-state index is 13.7. The first-order chi connectivity index (χ1) is 14.7. The normalized spacial score (nSPS) is 11.9. The van der Waals surface area contributed by atoms with E-state index in [-0.39, 0.29) is 23.1 Å². The van der Waals surface area contributed by atoms with Crippen LogP contribution in [0.4, 0.5) is 0 Å². The predicted octanol–water partition coefficient (Wildman–Crippen LogP) is 5.97. The van der Waals surface area contributed by atoms with E-state index in [9.17, 15) is 13.2 Å². The second-order valence-electron chi connectivity index (χ2n) is 9.02. The number of benzene rings is 1. The molecule has 1 aromatic carbocycles. The SMILES string of the molecule is CC(C)=C(C)c1c(Cl)ccc(C(=O)c2c(C)nn(CC(C)C)c2OS(=O)(=O)C(C)C)c1C. The van der Waals surface area contributed by atoms with Crippen LogP contribution < -0.4 is 4.18 Å². The number of carbonyl (C=O) groups excluding carboxylic acids is 1. The van der Waals surface area contributed by atoms with Gasteiger partial charge in [-0.1, -0.05) is 31.0 Å². The van der Waals surface area contributed by atoms with Crippen LogP contribution in [-0.2, 0) is 16.7 Å². The maximum atomic E-state index is 13.7. The van der Waals surface area contributed by atoms with Gasteiger partial charge in [0.1, 0.15) is 5.56 Å². The molecule has 8 heteroatoms. The van der Waals surface area contributed by atoms with E-state index in [1.54, 1.807) is 19.1 Å². The van der Waals surface area contributed by atoms with Crippen molar-refractivity contribution in [3.8, 4) is 5.88 Å². The van der Waals surface area contributed by atoms with E-state index in [0.29, 0.717) is 22.8 Å². The number of halogens is 1. The van der Waals surface area contributed by atoms with E-state index >= 15 is 0 Å². The minimum absolute atomic E-state index is 0.0373. The average Bonchev–Trinajstić information content (AvgIpc) is 2.94. The van der Waals surface area contributed by atoms with Gasteiger partial charge in [0, 0.05) is 17.1 Å². The van der Waals surface area contributed by atoms with Crippen molar-refractivity contribution < 1.29 is 17.4 Å². The number of allylic oxidation sites excluding steroid dienone is 2. The lowest BCUT2D eigenvalue weighted by Crippen LogP contribution is -2.23. The lowest BCUT2D eigenvalue weighted by atomic mass is 9.91. The van der Waals surface area contributed by atoms with Crippen LogP contribution in [0.25, 0.3) is 5.57 Å². The fourth-order valence-corrected chi connectivity index (χ4v) is 4.28. The van der Waals surface area contributed by atoms with E-state index in [2.05, 4.69) is 5.10 Å². The lowest BCUT2D eigenvalue weighted by Gasteiger charge is -2.16. The average molecular weight is 481 g/mol. The summed E-state index contributed by atoms with van der Waals surface area (Å²) in [7, 11) is -3.93. The first-order valence-corrected chi connectivity index (χ1v) is 12.5. The molecule has 2 rings (SSSR count). The fraction of sp³-hybridized carbons (Fsp3) is 0.500. The maximum Gasteiger partial charge on any atom is 0.313 e. The third-order valence-electron chi connectivity index (χ3n) is 5.40. The molecule has 0 aliphatic rings. The molecule has 0 spiro atoms. The number of rotatable bonds is 8. The quantitative estimate of drug-likeness (QED) is 0.343. The van der Waals surface area contributed by atoms with E-state index in [1.807, 2.05) is 41.5 Å². The van der Waals surface area contributed by atoms with Crippen LogP contribution in [-0.4, -0.2) is 29.2 Å². The van der Waals surface area contributed by atoms with Crippen molar-refractivity contribution in [2.24, 2.45) is 5.92 Å². The number of hydrogen-bond donors (Lipinski definition) is 0. The second kappa shape index (κ2) is 9.79. The summed E-state index contributed by atoms with van der Waals surface area (Å²) in [6.07, 6.45) is 0. The van der Waals surface area contributed by atoms with Crippen LogP contribution in [0, 0.1) is 19.8 Å². The van der Waals surface area contributed by atoms with E-state index in [0.717, 1.165) is 22.3 Å². The molecule has 0 fully saturated rings. The zero-order valence-electron chi connectivity index (χ0n) is 20.3. The highest BCUT2D eigenvalue weighted by Gasteiger charge is 2.31. The summed E-state index contributed by atoms with van der Waals surface area (Å²) in [5.74, 6) is -0.210. The van der Waals surface area contributed by atoms with Gasteiger partial charge < -0.3 is 4.18 Å². The molecular weight excluding hydrogens is 448 g/mol. The Balaban J connectivity index is 2.76. The van der Waals surface area contributed by atoms with Crippen LogP contribution in [0.3, 0.4) is 0 Å². The third kappa shape index (κ3) is 5.26. The number of carbonyl (C=O) groups is 1. The van der Waals surface area contributed by atoms with Gasteiger partial charge >= 0.3 is 10.1 Å². The van der Waals surface area contributed by atoms with Crippen molar-refractivity contribution in [3.63, 3.8) is 0 Å². The number of aromatic nitrogens is 2. The fourth-order valence-electron chi connectivity index (χ4n) is 3.35. The summed E-state index contributed by atoms with van der Waals surface area (Å²) in [5.41, 5.74) is 4.63. The van der Waals surface area contributed by atoms with Crippen molar-refractivity contribution in [2.45, 2.75) is 74.1 Å². The zero-order valence-corrected chi connectivity index (χ0v) is 21.9. The highest BCUT2D eigenvalue weighted by molar-refractivity contribution is 7.87. The number of ketones is 1. The highest BCUT2D eigenvalue weighted by Crippen LogP contribution is 2.34. The molecule has 176 valence electrons. The molecule has 0 N–H and O–H groups in total. The van der Waals surface area contributed by atoms with Gasteiger partial charge in [0.2, 0.25) is 11.7 Å². The van der Waals surface area contributed by atoms with Crippen LogP contribution in [0.2, 0.25) is 5.02 Å². The van der Waals surface area contributed by atoms with Crippen molar-refractivity contribution in [2.75, 3.05) is 0 Å². The van der Waals surface area contributed by atoms with Crippen LogP contribution >= 0.6 is 11.6 Å². The second-order valence-corrected chi connectivity index (χ2v) is 11.5. The molecule has 6 nitrogen and oxygen atoms in total. The van der Waals surface area contributed by atoms with E-state index < -0.39 is 15.4 Å². The minimum atomic E-state index is -3.93. The molecule has 0 aliphatic carbocycles. The van der Waals surface area contributed by atoms with Crippen molar-refractivity contribution >= 4 is 33.1 Å². The largest absolute Gasteiger partial charge is 0.361 e. The Hall–Kier alpha value is -2.12. The van der Waals surface area contributed by atoms with Gasteiger partial charge in [-0.15, -0.1) is 0 Å². The van der Waals surface area contributed by atoms with Crippen molar-refractivity contribution in [1.82, 2.24) is 9.78 Å². The highest BCUT2D eigenvalue weighted by atomic mass is 35.5. The Labute approximate surface area is 196 Å². The van der Waals surface area contributed by atoms with Gasteiger partial charge in [0.05, 0.1) is 10.9 Å². The van der Waals surface area contributed by atoms with E-state index in [1.165, 1.54) is 18.5 Å². The summed E-state index contributed by atoms with van der Waals surface area (Å²) in [5, 5.41) is 4.24. The molecule has 1 heterocycles. The molecule has 0 unspecified atom stereocenters. The van der Waals surface area contributed by atoms with Crippen LogP contribution in [0.15, 0.2) is 17.7 Å². The third-order valence-corrected chi connectivity index (χ3v) is 7.26. The molecule has 0 saturated heterocycles. The molecule has 2 aromatic rings. The van der Waals surface area contributed by atoms with Crippen molar-refractivity contribution in [3.05, 3.63) is 50.7 Å². The Morgan fingerprint density at radius 1 is 1.09 bits per heavy atom. The summed E-state index contributed by atoms with van der Waals surface area (Å²) in [4.78, 5) is 13.7. The molecule has 0 saturated carbocycles. The van der Waals surface area contributed by atoms with Gasteiger partial charge in [-0.25, -0.2) is 4.68 Å². The van der Waals surface area contributed by atoms with Crippen LogP contribution in [0.5, 0.6) is 5.88 Å². The molecule has 0 atom stereocenters. The number of hydrogen-bond acceptors (Lipinski definition) is 5. The summed E-state index contributed by atoms with van der Waals surface area (Å²) >= 11 is 6.47. The summed E-state index contributed by atoms with van der Waals surface area (Å²) in [6, 6.07) is 3.37. The molecule has 0 aliphatic heterocycles. The number of nitrogens with zero attached hydrogens (tertiary/aromatic N) is 2. The summed E-state index contributed by atoms with van der Waals surface area (Å²) in [6.45, 7) is 16.9. The molecule has 1 aromatic heterocycles. The Morgan fingerprint density at radius 3 is 2.19 bits per heavy atom. The first kappa shape index (κ1) is 26.1. The summed E-state index contributed by atoms with van der Waals surface area (Å²) < 4.78 is 32.1. The molecule has 0 bridgehead atoms. The zero-order chi connectivity index (χ0) is 24.5.